The minimum Gasteiger partial charge on any atom is -0.497 e. The van der Waals surface area contributed by atoms with Gasteiger partial charge >= 0.3 is 0 Å². The molecule has 0 aromatic heterocycles. The largest absolute Gasteiger partial charge is 0.497 e. The van der Waals surface area contributed by atoms with Crippen LogP contribution >= 0.6 is 27.7 Å². The summed E-state index contributed by atoms with van der Waals surface area (Å²) in [4.78, 5) is 13.6. The number of nitrogens with one attached hydrogen (secondary N) is 1. The number of thioether (sulfide) groups is 1. The molecule has 0 saturated carbocycles. The van der Waals surface area contributed by atoms with Gasteiger partial charge in [0, 0.05) is 26.4 Å². The summed E-state index contributed by atoms with van der Waals surface area (Å²) in [7, 11) is 1.62. The highest BCUT2D eigenvalue weighted by Gasteiger charge is 2.06. The van der Waals surface area contributed by atoms with Gasteiger partial charge in [0.05, 0.1) is 7.11 Å². The third-order valence-corrected chi connectivity index (χ3v) is 5.39. The Balaban J connectivity index is 1.57. The smallest absolute Gasteiger partial charge is 0.255 e. The molecule has 3 aromatic carbocycles. The molecule has 3 aromatic rings. The molecule has 0 bridgehead atoms. The SMILES string of the molecule is COc1ccc(NC(=O)c2ccc(CSc3ccc(Br)cc3)cc2)cc1. The molecule has 0 atom stereocenters. The molecular formula is C21H18BrNO2S. The number of methoxy groups -OCH3 is 1. The van der Waals surface area contributed by atoms with Crippen LogP contribution in [-0.2, 0) is 5.75 Å². The van der Waals surface area contributed by atoms with Crippen LogP contribution in [0, 0.1) is 0 Å². The second kappa shape index (κ2) is 8.92. The quantitative estimate of drug-likeness (QED) is 0.490. The van der Waals surface area contributed by atoms with Crippen LogP contribution in [0.15, 0.2) is 82.2 Å². The van der Waals surface area contributed by atoms with Gasteiger partial charge in [-0.2, -0.15) is 0 Å². The minimum atomic E-state index is -0.123. The van der Waals surface area contributed by atoms with Crippen LogP contribution in [0.4, 0.5) is 5.69 Å². The van der Waals surface area contributed by atoms with Crippen molar-refractivity contribution in [3.8, 4) is 5.75 Å². The van der Waals surface area contributed by atoms with Gasteiger partial charge in [-0.15, -0.1) is 11.8 Å². The van der Waals surface area contributed by atoms with Gasteiger partial charge in [-0.25, -0.2) is 0 Å². The molecule has 0 fully saturated rings. The van der Waals surface area contributed by atoms with E-state index in [-0.39, 0.29) is 5.91 Å². The lowest BCUT2D eigenvalue weighted by Crippen LogP contribution is -2.11. The number of benzene rings is 3. The number of hydrogen-bond donors (Lipinski definition) is 1. The van der Waals surface area contributed by atoms with Gasteiger partial charge in [0.2, 0.25) is 0 Å². The Morgan fingerprint density at radius 3 is 2.23 bits per heavy atom. The molecule has 0 radical (unpaired) electrons. The zero-order valence-electron chi connectivity index (χ0n) is 14.2. The van der Waals surface area contributed by atoms with E-state index in [4.69, 9.17) is 4.74 Å². The van der Waals surface area contributed by atoms with Crippen molar-refractivity contribution in [1.29, 1.82) is 0 Å². The van der Waals surface area contributed by atoms with Crippen molar-refractivity contribution < 1.29 is 9.53 Å². The number of carbonyl (C=O) groups is 1. The maximum atomic E-state index is 12.3. The third-order valence-electron chi connectivity index (χ3n) is 3.78. The second-order valence-corrected chi connectivity index (χ2v) is 7.59. The molecule has 0 aliphatic rings. The van der Waals surface area contributed by atoms with Crippen LogP contribution < -0.4 is 10.1 Å². The number of halogens is 1. The van der Waals surface area contributed by atoms with E-state index in [2.05, 4.69) is 33.4 Å². The molecule has 0 saturated heterocycles. The van der Waals surface area contributed by atoms with Gasteiger partial charge < -0.3 is 10.1 Å². The molecule has 3 rings (SSSR count). The van der Waals surface area contributed by atoms with Crippen molar-refractivity contribution in [2.45, 2.75) is 10.6 Å². The lowest BCUT2D eigenvalue weighted by molar-refractivity contribution is 0.102. The highest BCUT2D eigenvalue weighted by Crippen LogP contribution is 2.24. The first-order valence-electron chi connectivity index (χ1n) is 8.07. The van der Waals surface area contributed by atoms with Crippen LogP contribution in [0.25, 0.3) is 0 Å². The van der Waals surface area contributed by atoms with Gasteiger partial charge in [0.1, 0.15) is 5.75 Å². The van der Waals surface area contributed by atoms with Crippen LogP contribution in [-0.4, -0.2) is 13.0 Å². The predicted molar refractivity (Wildman–Crippen MR) is 111 cm³/mol. The van der Waals surface area contributed by atoms with E-state index in [1.807, 2.05) is 60.7 Å². The fourth-order valence-corrected chi connectivity index (χ4v) is 3.45. The van der Waals surface area contributed by atoms with E-state index in [9.17, 15) is 4.79 Å². The first-order valence-corrected chi connectivity index (χ1v) is 9.84. The van der Waals surface area contributed by atoms with Gasteiger partial charge in [0.25, 0.3) is 5.91 Å². The zero-order valence-corrected chi connectivity index (χ0v) is 16.6. The molecule has 0 spiro atoms. The standard InChI is InChI=1S/C21H18BrNO2S/c1-25-19-10-8-18(9-11-19)23-21(24)16-4-2-15(3-5-16)14-26-20-12-6-17(22)7-13-20/h2-13H,14H2,1H3,(H,23,24). The van der Waals surface area contributed by atoms with Crippen molar-refractivity contribution in [2.75, 3.05) is 12.4 Å². The fraction of sp³-hybridized carbons (Fsp3) is 0.0952. The van der Waals surface area contributed by atoms with Gasteiger partial charge in [0.15, 0.2) is 0 Å². The average molecular weight is 428 g/mol. The Bertz CT molecular complexity index is 862. The highest BCUT2D eigenvalue weighted by molar-refractivity contribution is 9.10. The maximum Gasteiger partial charge on any atom is 0.255 e. The summed E-state index contributed by atoms with van der Waals surface area (Å²) in [6, 6.07) is 23.2. The van der Waals surface area contributed by atoms with Crippen LogP contribution in [0.5, 0.6) is 5.75 Å². The lowest BCUT2D eigenvalue weighted by atomic mass is 10.1. The van der Waals surface area contributed by atoms with E-state index in [0.717, 1.165) is 21.7 Å². The molecule has 3 nitrogen and oxygen atoms in total. The fourth-order valence-electron chi connectivity index (χ4n) is 2.33. The second-order valence-electron chi connectivity index (χ2n) is 5.62. The van der Waals surface area contributed by atoms with E-state index in [1.54, 1.807) is 18.9 Å². The van der Waals surface area contributed by atoms with Gasteiger partial charge in [-0.3, -0.25) is 4.79 Å². The Hall–Kier alpha value is -2.24. The van der Waals surface area contributed by atoms with Crippen molar-refractivity contribution in [3.63, 3.8) is 0 Å². The normalized spacial score (nSPS) is 10.4. The molecular weight excluding hydrogens is 410 g/mol. The summed E-state index contributed by atoms with van der Waals surface area (Å²) in [5.74, 6) is 1.50. The van der Waals surface area contributed by atoms with E-state index >= 15 is 0 Å². The minimum absolute atomic E-state index is 0.123. The van der Waals surface area contributed by atoms with E-state index in [0.29, 0.717) is 5.56 Å². The summed E-state index contributed by atoms with van der Waals surface area (Å²) in [6.45, 7) is 0. The summed E-state index contributed by atoms with van der Waals surface area (Å²) in [5.41, 5.74) is 2.56. The molecule has 1 N–H and O–H groups in total. The Morgan fingerprint density at radius 1 is 0.962 bits per heavy atom. The van der Waals surface area contributed by atoms with Gasteiger partial charge in [-0.05, 0) is 66.2 Å². The molecule has 5 heteroatoms. The lowest BCUT2D eigenvalue weighted by Gasteiger charge is -2.07. The monoisotopic (exact) mass is 427 g/mol. The summed E-state index contributed by atoms with van der Waals surface area (Å²) < 4.78 is 6.19. The Labute approximate surface area is 165 Å². The Kier molecular flexibility index (Phi) is 6.36. The molecule has 0 aliphatic carbocycles. The summed E-state index contributed by atoms with van der Waals surface area (Å²) >= 11 is 5.21. The van der Waals surface area contributed by atoms with Crippen molar-refractivity contribution >= 4 is 39.3 Å². The number of amides is 1. The van der Waals surface area contributed by atoms with E-state index < -0.39 is 0 Å². The van der Waals surface area contributed by atoms with Crippen LogP contribution in [0.1, 0.15) is 15.9 Å². The summed E-state index contributed by atoms with van der Waals surface area (Å²) in [6.07, 6.45) is 0. The molecule has 1 amide bonds. The zero-order chi connectivity index (χ0) is 18.4. The number of ether oxygens (including phenoxy) is 1. The Morgan fingerprint density at radius 2 is 1.62 bits per heavy atom. The number of hydrogen-bond acceptors (Lipinski definition) is 3. The van der Waals surface area contributed by atoms with Crippen LogP contribution in [0.3, 0.4) is 0 Å². The van der Waals surface area contributed by atoms with Crippen molar-refractivity contribution in [1.82, 2.24) is 0 Å². The number of anilines is 1. The highest BCUT2D eigenvalue weighted by atomic mass is 79.9. The van der Waals surface area contributed by atoms with Crippen molar-refractivity contribution in [3.05, 3.63) is 88.4 Å². The molecule has 26 heavy (non-hydrogen) atoms. The molecule has 132 valence electrons. The number of rotatable bonds is 6. The third kappa shape index (κ3) is 5.13. The van der Waals surface area contributed by atoms with E-state index in [1.165, 1.54) is 10.5 Å². The van der Waals surface area contributed by atoms with Crippen molar-refractivity contribution in [2.24, 2.45) is 0 Å². The topological polar surface area (TPSA) is 38.3 Å². The summed E-state index contributed by atoms with van der Waals surface area (Å²) in [5, 5.41) is 2.89. The first kappa shape index (κ1) is 18.5. The van der Waals surface area contributed by atoms with Crippen LogP contribution in [0.2, 0.25) is 0 Å². The molecule has 0 aliphatic heterocycles. The predicted octanol–water partition coefficient (Wildman–Crippen LogP) is 6.00. The maximum absolute atomic E-state index is 12.3. The average Bonchev–Trinajstić information content (AvgIpc) is 2.68. The molecule has 0 unspecified atom stereocenters. The number of carbonyl (C=O) groups excluding carboxylic acids is 1. The first-order chi connectivity index (χ1) is 12.6. The van der Waals surface area contributed by atoms with Gasteiger partial charge in [-0.1, -0.05) is 28.1 Å². The molecule has 0 heterocycles.